The molecule has 0 aliphatic carbocycles. The highest BCUT2D eigenvalue weighted by Crippen LogP contribution is 2.31. The number of hydrogen-bond acceptors (Lipinski definition) is 5. The number of thiazole rings is 1. The third-order valence-corrected chi connectivity index (χ3v) is 4.73. The van der Waals surface area contributed by atoms with Crippen LogP contribution in [0.4, 0.5) is 5.13 Å². The number of carboxylic acids is 1. The molecule has 0 radical (unpaired) electrons. The maximum atomic E-state index is 11.0. The lowest BCUT2D eigenvalue weighted by Crippen LogP contribution is -2.20. The standard InChI is InChI=1S/C19H16ClN3O2S/c20-16-9-5-4-8-15(16)17-13-26-19(22-17)23(11-10-18(24)25)21-12-14-6-2-1-3-7-14/h1-9,12-13H,10-11H2,(H,24,25)/b21-12+. The Kier molecular flexibility index (Phi) is 5.99. The number of rotatable bonds is 7. The first-order valence-corrected chi connectivity index (χ1v) is 9.18. The molecular formula is C19H16ClN3O2S. The van der Waals surface area contributed by atoms with Gasteiger partial charge in [-0.3, -0.25) is 4.79 Å². The van der Waals surface area contributed by atoms with Crippen LogP contribution in [0.3, 0.4) is 0 Å². The van der Waals surface area contributed by atoms with Crippen LogP contribution in [0.1, 0.15) is 12.0 Å². The van der Waals surface area contributed by atoms with E-state index in [-0.39, 0.29) is 13.0 Å². The third-order valence-electron chi connectivity index (χ3n) is 3.55. The number of aromatic nitrogens is 1. The zero-order valence-corrected chi connectivity index (χ0v) is 15.3. The van der Waals surface area contributed by atoms with Crippen LogP contribution in [0.2, 0.25) is 5.02 Å². The molecule has 26 heavy (non-hydrogen) atoms. The fourth-order valence-electron chi connectivity index (χ4n) is 2.26. The maximum absolute atomic E-state index is 11.0. The van der Waals surface area contributed by atoms with Crippen LogP contribution in [-0.2, 0) is 4.79 Å². The summed E-state index contributed by atoms with van der Waals surface area (Å²) in [5, 5.41) is 18.2. The molecule has 132 valence electrons. The third kappa shape index (κ3) is 4.68. The van der Waals surface area contributed by atoms with Gasteiger partial charge in [-0.15, -0.1) is 11.3 Å². The highest BCUT2D eigenvalue weighted by Gasteiger charge is 2.14. The van der Waals surface area contributed by atoms with Gasteiger partial charge in [0.1, 0.15) is 0 Å². The second-order valence-electron chi connectivity index (χ2n) is 5.42. The largest absolute Gasteiger partial charge is 0.481 e. The van der Waals surface area contributed by atoms with E-state index in [1.165, 1.54) is 11.3 Å². The normalized spacial score (nSPS) is 11.0. The minimum atomic E-state index is -0.882. The number of halogens is 1. The average Bonchev–Trinajstić information content (AvgIpc) is 3.12. The molecule has 1 heterocycles. The van der Waals surface area contributed by atoms with E-state index in [0.29, 0.717) is 10.2 Å². The molecule has 7 heteroatoms. The first kappa shape index (κ1) is 18.1. The molecule has 3 aromatic rings. The molecule has 0 atom stereocenters. The van der Waals surface area contributed by atoms with Gasteiger partial charge in [0.05, 0.1) is 24.9 Å². The van der Waals surface area contributed by atoms with Crippen molar-refractivity contribution in [3.8, 4) is 11.3 Å². The molecule has 0 fully saturated rings. The SMILES string of the molecule is O=C(O)CCN(/N=C/c1ccccc1)c1nc(-c2ccccc2Cl)cs1. The molecule has 0 amide bonds. The van der Waals surface area contributed by atoms with Crippen LogP contribution < -0.4 is 5.01 Å². The molecule has 0 saturated carbocycles. The summed E-state index contributed by atoms with van der Waals surface area (Å²) in [4.78, 5) is 15.6. The molecule has 2 aromatic carbocycles. The van der Waals surface area contributed by atoms with Gasteiger partial charge in [-0.1, -0.05) is 60.1 Å². The van der Waals surface area contributed by atoms with Gasteiger partial charge in [0.25, 0.3) is 0 Å². The van der Waals surface area contributed by atoms with Crippen LogP contribution in [-0.4, -0.2) is 28.8 Å². The number of hydrogen-bond donors (Lipinski definition) is 1. The lowest BCUT2D eigenvalue weighted by atomic mass is 10.2. The quantitative estimate of drug-likeness (QED) is 0.469. The summed E-state index contributed by atoms with van der Waals surface area (Å²) in [5.74, 6) is -0.882. The predicted octanol–water partition coefficient (Wildman–Crippen LogP) is 4.78. The minimum Gasteiger partial charge on any atom is -0.481 e. The molecule has 0 unspecified atom stereocenters. The summed E-state index contributed by atoms with van der Waals surface area (Å²) in [6, 6.07) is 17.1. The van der Waals surface area contributed by atoms with E-state index in [0.717, 1.165) is 16.8 Å². The maximum Gasteiger partial charge on any atom is 0.305 e. The first-order chi connectivity index (χ1) is 12.6. The highest BCUT2D eigenvalue weighted by molar-refractivity contribution is 7.14. The Morgan fingerprint density at radius 3 is 2.65 bits per heavy atom. The number of hydrazone groups is 1. The molecule has 0 spiro atoms. The number of carboxylic acid groups (broad SMARTS) is 1. The summed E-state index contributed by atoms with van der Waals surface area (Å²) in [6.45, 7) is 0.230. The zero-order valence-electron chi connectivity index (χ0n) is 13.7. The number of nitrogens with zero attached hydrogens (tertiary/aromatic N) is 3. The lowest BCUT2D eigenvalue weighted by molar-refractivity contribution is -0.136. The van der Waals surface area contributed by atoms with Gasteiger partial charge in [0.2, 0.25) is 5.13 Å². The van der Waals surface area contributed by atoms with Crippen molar-refractivity contribution in [3.05, 3.63) is 70.6 Å². The summed E-state index contributed by atoms with van der Waals surface area (Å²) in [7, 11) is 0. The minimum absolute atomic E-state index is 0.0346. The van der Waals surface area contributed by atoms with Crippen molar-refractivity contribution in [1.29, 1.82) is 0 Å². The zero-order chi connectivity index (χ0) is 18.4. The Hall–Kier alpha value is -2.70. The van der Waals surface area contributed by atoms with Gasteiger partial charge >= 0.3 is 5.97 Å². The summed E-state index contributed by atoms with van der Waals surface area (Å²) in [6.07, 6.45) is 1.66. The van der Waals surface area contributed by atoms with Crippen molar-refractivity contribution in [2.45, 2.75) is 6.42 Å². The van der Waals surface area contributed by atoms with Crippen molar-refractivity contribution in [3.63, 3.8) is 0 Å². The second-order valence-corrected chi connectivity index (χ2v) is 6.66. The van der Waals surface area contributed by atoms with E-state index in [9.17, 15) is 4.79 Å². The summed E-state index contributed by atoms with van der Waals surface area (Å²) >= 11 is 7.63. The Labute approximate surface area is 160 Å². The van der Waals surface area contributed by atoms with Crippen molar-refractivity contribution >= 4 is 40.3 Å². The second kappa shape index (κ2) is 8.60. The van der Waals surface area contributed by atoms with Gasteiger partial charge in [-0.25, -0.2) is 9.99 Å². The van der Waals surface area contributed by atoms with E-state index in [2.05, 4.69) is 10.1 Å². The molecule has 5 nitrogen and oxygen atoms in total. The van der Waals surface area contributed by atoms with Gasteiger partial charge in [-0.2, -0.15) is 5.10 Å². The van der Waals surface area contributed by atoms with Crippen LogP contribution in [0.25, 0.3) is 11.3 Å². The van der Waals surface area contributed by atoms with Crippen LogP contribution >= 0.6 is 22.9 Å². The Balaban J connectivity index is 1.86. The van der Waals surface area contributed by atoms with E-state index >= 15 is 0 Å². The molecule has 0 aliphatic rings. The van der Waals surface area contributed by atoms with E-state index in [1.54, 1.807) is 11.2 Å². The number of carbonyl (C=O) groups is 1. The average molecular weight is 386 g/mol. The van der Waals surface area contributed by atoms with Crippen molar-refractivity contribution in [2.75, 3.05) is 11.6 Å². The Morgan fingerprint density at radius 1 is 1.19 bits per heavy atom. The Morgan fingerprint density at radius 2 is 1.92 bits per heavy atom. The molecule has 1 aromatic heterocycles. The number of anilines is 1. The number of benzene rings is 2. The van der Waals surface area contributed by atoms with E-state index in [4.69, 9.17) is 16.7 Å². The molecule has 3 rings (SSSR count). The molecule has 0 saturated heterocycles. The Bertz CT molecular complexity index is 912. The fraction of sp³-hybridized carbons (Fsp3) is 0.105. The van der Waals surface area contributed by atoms with Crippen LogP contribution in [0.15, 0.2) is 65.1 Å². The summed E-state index contributed by atoms with van der Waals surface area (Å²) < 4.78 is 0. The van der Waals surface area contributed by atoms with Crippen LogP contribution in [0.5, 0.6) is 0 Å². The topological polar surface area (TPSA) is 65.8 Å². The monoisotopic (exact) mass is 385 g/mol. The molecule has 1 N–H and O–H groups in total. The van der Waals surface area contributed by atoms with E-state index in [1.807, 2.05) is 60.0 Å². The highest BCUT2D eigenvalue weighted by atomic mass is 35.5. The predicted molar refractivity (Wildman–Crippen MR) is 106 cm³/mol. The van der Waals surface area contributed by atoms with Crippen molar-refractivity contribution < 1.29 is 9.90 Å². The molecular weight excluding hydrogens is 370 g/mol. The van der Waals surface area contributed by atoms with Gasteiger partial charge in [0, 0.05) is 16.0 Å². The number of aliphatic carboxylic acids is 1. The molecule has 0 aliphatic heterocycles. The molecule has 0 bridgehead atoms. The van der Waals surface area contributed by atoms with Gasteiger partial charge < -0.3 is 5.11 Å². The van der Waals surface area contributed by atoms with Gasteiger partial charge in [0.15, 0.2) is 0 Å². The lowest BCUT2D eigenvalue weighted by Gasteiger charge is -2.14. The van der Waals surface area contributed by atoms with Crippen LogP contribution in [0, 0.1) is 0 Å². The first-order valence-electron chi connectivity index (χ1n) is 7.92. The van der Waals surface area contributed by atoms with Crippen molar-refractivity contribution in [2.24, 2.45) is 5.10 Å². The fourth-order valence-corrected chi connectivity index (χ4v) is 3.30. The smallest absolute Gasteiger partial charge is 0.305 e. The summed E-state index contributed by atoms with van der Waals surface area (Å²) in [5.41, 5.74) is 2.50. The van der Waals surface area contributed by atoms with E-state index < -0.39 is 5.97 Å². The van der Waals surface area contributed by atoms with Gasteiger partial charge in [-0.05, 0) is 11.6 Å². The van der Waals surface area contributed by atoms with Crippen molar-refractivity contribution in [1.82, 2.24) is 4.98 Å².